The highest BCUT2D eigenvalue weighted by Crippen LogP contribution is 2.21. The number of hydrogen-bond donors (Lipinski definition) is 0. The topological polar surface area (TPSA) is 75.6 Å². The molecule has 0 saturated carbocycles. The Hall–Kier alpha value is -2.96. The van der Waals surface area contributed by atoms with Crippen LogP contribution >= 0.6 is 0 Å². The van der Waals surface area contributed by atoms with Gasteiger partial charge in [0.05, 0.1) is 19.7 Å². The number of rotatable bonds is 4. The molecule has 27 heavy (non-hydrogen) atoms. The molecule has 1 aliphatic rings. The molecule has 0 unspecified atom stereocenters. The van der Waals surface area contributed by atoms with E-state index in [2.05, 4.69) is 9.97 Å². The lowest BCUT2D eigenvalue weighted by molar-refractivity contribution is -0.130. The summed E-state index contributed by atoms with van der Waals surface area (Å²) in [5.41, 5.74) is 2.32. The smallest absolute Gasteiger partial charge is 0.274 e. The molecule has 0 spiro atoms. The molecule has 1 saturated heterocycles. The van der Waals surface area contributed by atoms with Crippen molar-refractivity contribution in [3.63, 3.8) is 0 Å². The number of ether oxygens (including phenoxy) is 1. The van der Waals surface area contributed by atoms with Crippen molar-refractivity contribution in [1.82, 2.24) is 19.8 Å². The zero-order valence-corrected chi connectivity index (χ0v) is 15.7. The van der Waals surface area contributed by atoms with Crippen LogP contribution in [0.4, 0.5) is 0 Å². The van der Waals surface area contributed by atoms with Gasteiger partial charge in [0.2, 0.25) is 5.91 Å². The van der Waals surface area contributed by atoms with Crippen molar-refractivity contribution in [3.05, 3.63) is 53.6 Å². The van der Waals surface area contributed by atoms with E-state index < -0.39 is 0 Å². The van der Waals surface area contributed by atoms with Gasteiger partial charge in [0.25, 0.3) is 5.91 Å². The summed E-state index contributed by atoms with van der Waals surface area (Å²) in [5, 5.41) is 0. The van der Waals surface area contributed by atoms with Crippen molar-refractivity contribution < 1.29 is 14.3 Å². The van der Waals surface area contributed by atoms with Gasteiger partial charge in [0.15, 0.2) is 0 Å². The Bertz CT molecular complexity index is 810. The van der Waals surface area contributed by atoms with Crippen LogP contribution in [-0.4, -0.2) is 64.9 Å². The van der Waals surface area contributed by atoms with E-state index in [0.29, 0.717) is 38.3 Å². The first-order chi connectivity index (χ1) is 13.1. The first kappa shape index (κ1) is 18.8. The van der Waals surface area contributed by atoms with E-state index in [0.717, 1.165) is 23.3 Å². The Morgan fingerprint density at radius 3 is 2.63 bits per heavy atom. The number of aromatic nitrogens is 2. The van der Waals surface area contributed by atoms with Gasteiger partial charge in [-0.15, -0.1) is 0 Å². The van der Waals surface area contributed by atoms with Crippen LogP contribution in [0.2, 0.25) is 0 Å². The summed E-state index contributed by atoms with van der Waals surface area (Å²) in [6.07, 6.45) is 5.56. The highest BCUT2D eigenvalue weighted by Gasteiger charge is 2.24. The van der Waals surface area contributed by atoms with Crippen LogP contribution < -0.4 is 4.74 Å². The van der Waals surface area contributed by atoms with Gasteiger partial charge in [-0.05, 0) is 19.4 Å². The molecular weight excluding hydrogens is 344 g/mol. The van der Waals surface area contributed by atoms with Gasteiger partial charge in [-0.25, -0.2) is 4.98 Å². The molecule has 1 fully saturated rings. The number of methoxy groups -OCH3 is 1. The van der Waals surface area contributed by atoms with Crippen molar-refractivity contribution >= 4 is 11.8 Å². The molecule has 1 aromatic carbocycles. The summed E-state index contributed by atoms with van der Waals surface area (Å²) in [7, 11) is 1.61. The second-order valence-corrected chi connectivity index (χ2v) is 6.61. The maximum Gasteiger partial charge on any atom is 0.274 e. The normalized spacial score (nSPS) is 14.6. The summed E-state index contributed by atoms with van der Waals surface area (Å²) in [4.78, 5) is 36.9. The lowest BCUT2D eigenvalue weighted by atomic mass is 10.1. The zero-order chi connectivity index (χ0) is 19.2. The summed E-state index contributed by atoms with van der Waals surface area (Å²) >= 11 is 0. The second-order valence-electron chi connectivity index (χ2n) is 6.61. The molecule has 2 heterocycles. The van der Waals surface area contributed by atoms with E-state index in [4.69, 9.17) is 4.74 Å². The Balaban J connectivity index is 1.63. The molecule has 2 amide bonds. The molecule has 0 aliphatic carbocycles. The van der Waals surface area contributed by atoms with Crippen molar-refractivity contribution in [2.45, 2.75) is 19.8 Å². The summed E-state index contributed by atoms with van der Waals surface area (Å²) in [5.74, 6) is 0.633. The van der Waals surface area contributed by atoms with E-state index in [-0.39, 0.29) is 11.8 Å². The van der Waals surface area contributed by atoms with Crippen LogP contribution in [0, 0.1) is 6.92 Å². The highest BCUT2D eigenvalue weighted by atomic mass is 16.5. The number of hydrogen-bond acceptors (Lipinski definition) is 5. The van der Waals surface area contributed by atoms with Crippen molar-refractivity contribution in [1.29, 1.82) is 0 Å². The molecule has 0 N–H and O–H groups in total. The second kappa shape index (κ2) is 8.62. The monoisotopic (exact) mass is 368 g/mol. The molecule has 0 atom stereocenters. The molecule has 7 nitrogen and oxygen atoms in total. The van der Waals surface area contributed by atoms with E-state index in [1.165, 1.54) is 12.4 Å². The van der Waals surface area contributed by atoms with Crippen LogP contribution in [0.25, 0.3) is 0 Å². The maximum atomic E-state index is 12.8. The zero-order valence-electron chi connectivity index (χ0n) is 15.7. The van der Waals surface area contributed by atoms with E-state index in [1.54, 1.807) is 18.2 Å². The number of carbonyl (C=O) groups excluding carboxylic acids is 2. The molecule has 1 aromatic heterocycles. The van der Waals surface area contributed by atoms with E-state index in [1.807, 2.05) is 30.0 Å². The van der Waals surface area contributed by atoms with Crippen LogP contribution in [0.15, 0.2) is 36.8 Å². The third kappa shape index (κ3) is 4.61. The predicted octanol–water partition coefficient (Wildman–Crippen LogP) is 1.71. The number of benzene rings is 1. The quantitative estimate of drug-likeness (QED) is 0.821. The van der Waals surface area contributed by atoms with Crippen LogP contribution in [0.3, 0.4) is 0 Å². The lowest BCUT2D eigenvalue weighted by Gasteiger charge is -2.22. The molecule has 2 aromatic rings. The van der Waals surface area contributed by atoms with Gasteiger partial charge in [0.1, 0.15) is 11.4 Å². The van der Waals surface area contributed by atoms with Gasteiger partial charge in [-0.1, -0.05) is 17.7 Å². The Morgan fingerprint density at radius 1 is 1.11 bits per heavy atom. The number of carbonyl (C=O) groups is 2. The standard InChI is InChI=1S/C20H24N4O3/c1-15-4-5-18(27-2)16(12-15)13-19(25)23-8-3-9-24(11-10-23)20(26)17-14-21-6-7-22-17/h4-7,12,14H,3,8-11,13H2,1-2H3. The Labute approximate surface area is 159 Å². The SMILES string of the molecule is COc1ccc(C)cc1CC(=O)N1CCCN(C(=O)c2cnccn2)CC1. The number of aryl methyl sites for hydroxylation is 1. The minimum absolute atomic E-state index is 0.0488. The molecule has 0 bridgehead atoms. The number of nitrogens with zero attached hydrogens (tertiary/aromatic N) is 4. The lowest BCUT2D eigenvalue weighted by Crippen LogP contribution is -2.38. The molecule has 142 valence electrons. The summed E-state index contributed by atoms with van der Waals surface area (Å²) in [6.45, 7) is 4.24. The summed E-state index contributed by atoms with van der Waals surface area (Å²) in [6, 6.07) is 5.84. The van der Waals surface area contributed by atoms with Crippen molar-refractivity contribution in [2.75, 3.05) is 33.3 Å². The average molecular weight is 368 g/mol. The van der Waals surface area contributed by atoms with Crippen molar-refractivity contribution in [2.24, 2.45) is 0 Å². The fourth-order valence-corrected chi connectivity index (χ4v) is 3.26. The minimum Gasteiger partial charge on any atom is -0.496 e. The summed E-state index contributed by atoms with van der Waals surface area (Å²) < 4.78 is 5.37. The van der Waals surface area contributed by atoms with Gasteiger partial charge >= 0.3 is 0 Å². The maximum absolute atomic E-state index is 12.8. The van der Waals surface area contributed by atoms with Crippen molar-refractivity contribution in [3.8, 4) is 5.75 Å². The fourth-order valence-electron chi connectivity index (χ4n) is 3.26. The average Bonchev–Trinajstić information content (AvgIpc) is 2.94. The van der Waals surface area contributed by atoms with Gasteiger partial charge in [-0.3, -0.25) is 14.6 Å². The van der Waals surface area contributed by atoms with E-state index >= 15 is 0 Å². The Morgan fingerprint density at radius 2 is 1.89 bits per heavy atom. The van der Waals surface area contributed by atoms with Gasteiger partial charge < -0.3 is 14.5 Å². The third-order valence-corrected chi connectivity index (χ3v) is 4.70. The molecule has 1 aliphatic heterocycles. The largest absolute Gasteiger partial charge is 0.496 e. The van der Waals surface area contributed by atoms with Crippen LogP contribution in [0.5, 0.6) is 5.75 Å². The minimum atomic E-state index is -0.141. The molecule has 3 rings (SSSR count). The van der Waals surface area contributed by atoms with Gasteiger partial charge in [-0.2, -0.15) is 0 Å². The number of amides is 2. The predicted molar refractivity (Wildman–Crippen MR) is 101 cm³/mol. The van der Waals surface area contributed by atoms with Gasteiger partial charge in [0, 0.05) is 44.1 Å². The van der Waals surface area contributed by atoms with Crippen LogP contribution in [-0.2, 0) is 11.2 Å². The molecule has 0 radical (unpaired) electrons. The first-order valence-corrected chi connectivity index (χ1v) is 9.05. The van der Waals surface area contributed by atoms with Crippen LogP contribution in [0.1, 0.15) is 28.0 Å². The molecular formula is C20H24N4O3. The Kier molecular flexibility index (Phi) is 6.01. The first-order valence-electron chi connectivity index (χ1n) is 9.05. The fraction of sp³-hybridized carbons (Fsp3) is 0.400. The third-order valence-electron chi connectivity index (χ3n) is 4.70. The highest BCUT2D eigenvalue weighted by molar-refractivity contribution is 5.92. The molecule has 7 heteroatoms. The van der Waals surface area contributed by atoms with E-state index in [9.17, 15) is 9.59 Å².